The summed E-state index contributed by atoms with van der Waals surface area (Å²) in [4.78, 5) is 23.2. The van der Waals surface area contributed by atoms with E-state index < -0.39 is 23.7 Å². The Morgan fingerprint density at radius 3 is 1.47 bits per heavy atom. The number of alkyl halides is 3. The molecule has 0 fully saturated rings. The number of esters is 2. The number of benzene rings is 3. The van der Waals surface area contributed by atoms with E-state index >= 15 is 0 Å². The van der Waals surface area contributed by atoms with Crippen molar-refractivity contribution in [2.24, 2.45) is 0 Å². The van der Waals surface area contributed by atoms with Crippen LogP contribution in [0.3, 0.4) is 0 Å². The molecule has 194 valence electrons. The molecule has 0 saturated heterocycles. The molecule has 0 bridgehead atoms. The Labute approximate surface area is 219 Å². The SMILES string of the molecule is C=C(C)C(=O)Oc1ccc(/C=C/c2ccc(/C=C/c3ccc(OC(=O)C(=C)C)cc3)c(C(F)(F)F)c2)cc1. The molecule has 0 amide bonds. The molecular formula is C31H25F3O4. The van der Waals surface area contributed by atoms with Gasteiger partial charge in [0.15, 0.2) is 0 Å². The van der Waals surface area contributed by atoms with E-state index in [1.807, 2.05) is 0 Å². The molecule has 0 saturated carbocycles. The van der Waals surface area contributed by atoms with E-state index in [4.69, 9.17) is 9.47 Å². The van der Waals surface area contributed by atoms with Gasteiger partial charge in [-0.2, -0.15) is 13.2 Å². The number of rotatable bonds is 8. The van der Waals surface area contributed by atoms with Crippen molar-refractivity contribution in [1.82, 2.24) is 0 Å². The van der Waals surface area contributed by atoms with Gasteiger partial charge in [-0.1, -0.05) is 73.9 Å². The van der Waals surface area contributed by atoms with Crippen molar-refractivity contribution in [1.29, 1.82) is 0 Å². The average Bonchev–Trinajstić information content (AvgIpc) is 2.87. The summed E-state index contributed by atoms with van der Waals surface area (Å²) in [5.74, 6) is -0.445. The van der Waals surface area contributed by atoms with E-state index in [0.717, 1.165) is 11.6 Å². The topological polar surface area (TPSA) is 52.6 Å². The lowest BCUT2D eigenvalue weighted by Crippen LogP contribution is -2.08. The Bertz CT molecular complexity index is 1410. The first-order chi connectivity index (χ1) is 17.9. The minimum atomic E-state index is -4.56. The Hall–Kier alpha value is -4.65. The minimum absolute atomic E-state index is 0.0103. The van der Waals surface area contributed by atoms with Gasteiger partial charge < -0.3 is 9.47 Å². The van der Waals surface area contributed by atoms with Gasteiger partial charge in [0.2, 0.25) is 0 Å². The zero-order valence-electron chi connectivity index (χ0n) is 20.8. The second-order valence-electron chi connectivity index (χ2n) is 8.49. The molecule has 7 heteroatoms. The molecule has 0 N–H and O–H groups in total. The maximum Gasteiger partial charge on any atom is 0.417 e. The summed E-state index contributed by atoms with van der Waals surface area (Å²) in [6, 6.07) is 17.0. The largest absolute Gasteiger partial charge is 0.423 e. The zero-order valence-corrected chi connectivity index (χ0v) is 20.8. The molecule has 0 radical (unpaired) electrons. The molecule has 3 aromatic rings. The summed E-state index contributed by atoms with van der Waals surface area (Å²) < 4.78 is 51.6. The van der Waals surface area contributed by atoms with Crippen LogP contribution in [0.1, 0.15) is 41.7 Å². The quantitative estimate of drug-likeness (QED) is 0.131. The fourth-order valence-electron chi connectivity index (χ4n) is 3.13. The number of halogens is 3. The summed E-state index contributed by atoms with van der Waals surface area (Å²) in [6.07, 6.45) is 1.61. The predicted octanol–water partition coefficient (Wildman–Crippen LogP) is 8.01. The van der Waals surface area contributed by atoms with Gasteiger partial charge in [0.25, 0.3) is 0 Å². The Balaban J connectivity index is 1.76. The molecule has 3 aromatic carbocycles. The van der Waals surface area contributed by atoms with Gasteiger partial charge in [-0.05, 0) is 66.4 Å². The van der Waals surface area contributed by atoms with E-state index in [0.29, 0.717) is 22.6 Å². The molecule has 38 heavy (non-hydrogen) atoms. The van der Waals surface area contributed by atoms with Crippen LogP contribution in [-0.2, 0) is 15.8 Å². The minimum Gasteiger partial charge on any atom is -0.423 e. The summed E-state index contributed by atoms with van der Waals surface area (Å²) in [6.45, 7) is 10.1. The van der Waals surface area contributed by atoms with Crippen LogP contribution in [0.15, 0.2) is 91.0 Å². The average molecular weight is 519 g/mol. The van der Waals surface area contributed by atoms with E-state index in [1.54, 1.807) is 79.7 Å². The Kier molecular flexibility index (Phi) is 8.86. The van der Waals surface area contributed by atoms with Gasteiger partial charge >= 0.3 is 18.1 Å². The second-order valence-corrected chi connectivity index (χ2v) is 8.49. The zero-order chi connectivity index (χ0) is 27.9. The van der Waals surface area contributed by atoms with Gasteiger partial charge in [-0.3, -0.25) is 0 Å². The van der Waals surface area contributed by atoms with Crippen LogP contribution in [0.2, 0.25) is 0 Å². The van der Waals surface area contributed by atoms with E-state index in [2.05, 4.69) is 13.2 Å². The normalized spacial score (nSPS) is 11.5. The van der Waals surface area contributed by atoms with Crippen molar-refractivity contribution < 1.29 is 32.2 Å². The fraction of sp³-hybridized carbons (Fsp3) is 0.0968. The Morgan fingerprint density at radius 1 is 0.658 bits per heavy atom. The van der Waals surface area contributed by atoms with Gasteiger partial charge in [-0.25, -0.2) is 9.59 Å². The molecular weight excluding hydrogens is 493 g/mol. The third-order valence-corrected chi connectivity index (χ3v) is 5.18. The van der Waals surface area contributed by atoms with E-state index in [9.17, 15) is 22.8 Å². The highest BCUT2D eigenvalue weighted by Crippen LogP contribution is 2.34. The number of hydrogen-bond donors (Lipinski definition) is 0. The number of carbonyl (C=O) groups excluding carboxylic acids is 2. The van der Waals surface area contributed by atoms with Crippen molar-refractivity contribution in [3.8, 4) is 11.5 Å². The molecule has 0 aromatic heterocycles. The third-order valence-electron chi connectivity index (χ3n) is 5.18. The molecule has 0 aliphatic rings. The first-order valence-electron chi connectivity index (χ1n) is 11.5. The molecule has 0 atom stereocenters. The molecule has 3 rings (SSSR count). The maximum atomic E-state index is 13.8. The maximum absolute atomic E-state index is 13.8. The number of carbonyl (C=O) groups is 2. The van der Waals surface area contributed by atoms with Crippen molar-refractivity contribution >= 4 is 36.2 Å². The van der Waals surface area contributed by atoms with Crippen LogP contribution in [-0.4, -0.2) is 11.9 Å². The molecule has 0 aliphatic heterocycles. The van der Waals surface area contributed by atoms with Crippen molar-refractivity contribution in [2.75, 3.05) is 0 Å². The van der Waals surface area contributed by atoms with Gasteiger partial charge in [-0.15, -0.1) is 0 Å². The van der Waals surface area contributed by atoms with Crippen LogP contribution >= 0.6 is 0 Å². The van der Waals surface area contributed by atoms with E-state index in [1.165, 1.54) is 19.1 Å². The first kappa shape index (κ1) is 27.9. The van der Waals surface area contributed by atoms with Crippen LogP contribution in [0, 0.1) is 0 Å². The summed E-state index contributed by atoms with van der Waals surface area (Å²) >= 11 is 0. The van der Waals surface area contributed by atoms with Gasteiger partial charge in [0.1, 0.15) is 11.5 Å². The van der Waals surface area contributed by atoms with Crippen molar-refractivity contribution in [3.05, 3.63) is 119 Å². The Morgan fingerprint density at radius 2 is 1.05 bits per heavy atom. The van der Waals surface area contributed by atoms with E-state index in [-0.39, 0.29) is 16.7 Å². The van der Waals surface area contributed by atoms with Crippen LogP contribution in [0.25, 0.3) is 24.3 Å². The molecule has 0 heterocycles. The molecule has 4 nitrogen and oxygen atoms in total. The lowest BCUT2D eigenvalue weighted by Gasteiger charge is -2.11. The lowest BCUT2D eigenvalue weighted by molar-refractivity contribution is -0.137. The number of hydrogen-bond acceptors (Lipinski definition) is 4. The highest BCUT2D eigenvalue weighted by Gasteiger charge is 2.32. The standard InChI is InChI=1S/C31H25F3O4/c1-20(2)29(35)37-26-15-9-22(10-16-26)5-6-24-8-14-25(28(19-24)31(32,33)34)13-7-23-11-17-27(18-12-23)38-30(36)21(3)4/h5-19H,1,3H2,2,4H3/b6-5+,13-7+. The van der Waals surface area contributed by atoms with Crippen LogP contribution < -0.4 is 9.47 Å². The summed E-state index contributed by atoms with van der Waals surface area (Å²) in [5.41, 5.74) is 1.49. The molecule has 0 aliphatic carbocycles. The van der Waals surface area contributed by atoms with Gasteiger partial charge in [0.05, 0.1) is 5.56 Å². The number of ether oxygens (including phenoxy) is 2. The van der Waals surface area contributed by atoms with Crippen molar-refractivity contribution in [3.63, 3.8) is 0 Å². The molecule has 0 unspecified atom stereocenters. The second kappa shape index (κ2) is 12.1. The summed E-state index contributed by atoms with van der Waals surface area (Å²) in [5, 5.41) is 0. The highest BCUT2D eigenvalue weighted by molar-refractivity contribution is 5.89. The third kappa shape index (κ3) is 7.93. The fourth-order valence-corrected chi connectivity index (χ4v) is 3.13. The first-order valence-corrected chi connectivity index (χ1v) is 11.5. The smallest absolute Gasteiger partial charge is 0.417 e. The van der Waals surface area contributed by atoms with Gasteiger partial charge in [0, 0.05) is 11.1 Å². The van der Waals surface area contributed by atoms with Crippen LogP contribution in [0.5, 0.6) is 11.5 Å². The molecule has 0 spiro atoms. The van der Waals surface area contributed by atoms with Crippen molar-refractivity contribution in [2.45, 2.75) is 20.0 Å². The van der Waals surface area contributed by atoms with Crippen LogP contribution in [0.4, 0.5) is 13.2 Å². The summed E-state index contributed by atoms with van der Waals surface area (Å²) in [7, 11) is 0. The predicted molar refractivity (Wildman–Crippen MR) is 143 cm³/mol. The monoisotopic (exact) mass is 518 g/mol. The lowest BCUT2D eigenvalue weighted by atomic mass is 10.0. The highest BCUT2D eigenvalue weighted by atomic mass is 19.4.